The number of hydrogen-bond donors (Lipinski definition) is 1. The molecule has 1 heterocycles. The van der Waals surface area contributed by atoms with Gasteiger partial charge in [0.25, 0.3) is 6.43 Å². The minimum absolute atomic E-state index is 0.263. The van der Waals surface area contributed by atoms with Crippen LogP contribution in [0, 0.1) is 0 Å². The molecule has 0 unspecified atom stereocenters. The minimum Gasteiger partial charge on any atom is -0.383 e. The van der Waals surface area contributed by atoms with Crippen LogP contribution in [0.2, 0.25) is 0 Å². The van der Waals surface area contributed by atoms with E-state index in [2.05, 4.69) is 4.98 Å². The summed E-state index contributed by atoms with van der Waals surface area (Å²) in [5.41, 5.74) is 5.47. The van der Waals surface area contributed by atoms with E-state index >= 15 is 0 Å². The third-order valence-corrected chi connectivity index (χ3v) is 2.77. The number of halogens is 2. The van der Waals surface area contributed by atoms with Gasteiger partial charge in [-0.15, -0.1) is 11.3 Å². The topological polar surface area (TPSA) is 51.4 Å². The second-order valence-electron chi connectivity index (χ2n) is 3.28. The Bertz CT molecular complexity index is 309. The van der Waals surface area contributed by atoms with Gasteiger partial charge in [0, 0.05) is 31.3 Å². The third-order valence-electron chi connectivity index (χ3n) is 1.96. The van der Waals surface area contributed by atoms with E-state index in [1.165, 1.54) is 11.3 Å². The highest BCUT2D eigenvalue weighted by Crippen LogP contribution is 2.16. The summed E-state index contributed by atoms with van der Waals surface area (Å²) in [6.45, 7) is 1.07. The molecule has 0 saturated heterocycles. The fourth-order valence-electron chi connectivity index (χ4n) is 1.27. The van der Waals surface area contributed by atoms with Crippen molar-refractivity contribution in [2.24, 2.45) is 0 Å². The second kappa shape index (κ2) is 6.72. The molecule has 0 aromatic carbocycles. The predicted octanol–water partition coefficient (Wildman–Crippen LogP) is 1.44. The molecule has 0 radical (unpaired) electrons. The monoisotopic (exact) mass is 251 g/mol. The molecule has 1 aromatic rings. The van der Waals surface area contributed by atoms with E-state index in [9.17, 15) is 8.78 Å². The summed E-state index contributed by atoms with van der Waals surface area (Å²) >= 11 is 1.32. The van der Waals surface area contributed by atoms with Crippen LogP contribution in [-0.2, 0) is 11.3 Å². The molecule has 0 amide bonds. The van der Waals surface area contributed by atoms with Crippen LogP contribution in [0.1, 0.15) is 4.88 Å². The van der Waals surface area contributed by atoms with Gasteiger partial charge in [0.05, 0.1) is 13.2 Å². The Labute approximate surface area is 97.0 Å². The molecule has 0 aliphatic rings. The van der Waals surface area contributed by atoms with Crippen molar-refractivity contribution in [3.63, 3.8) is 0 Å². The number of nitrogens with zero attached hydrogens (tertiary/aromatic N) is 2. The van der Waals surface area contributed by atoms with Crippen molar-refractivity contribution in [1.82, 2.24) is 9.88 Å². The largest absolute Gasteiger partial charge is 0.383 e. The molecule has 4 nitrogen and oxygen atoms in total. The van der Waals surface area contributed by atoms with Crippen molar-refractivity contribution in [3.8, 4) is 0 Å². The van der Waals surface area contributed by atoms with Crippen LogP contribution in [0.3, 0.4) is 0 Å². The molecular weight excluding hydrogens is 236 g/mol. The maximum Gasteiger partial charge on any atom is 0.251 e. The lowest BCUT2D eigenvalue weighted by Crippen LogP contribution is -2.31. The van der Waals surface area contributed by atoms with Gasteiger partial charge in [-0.3, -0.25) is 4.90 Å². The first-order valence-electron chi connectivity index (χ1n) is 4.81. The average molecular weight is 251 g/mol. The number of alkyl halides is 2. The molecule has 16 heavy (non-hydrogen) atoms. The maximum absolute atomic E-state index is 12.3. The summed E-state index contributed by atoms with van der Waals surface area (Å²) in [5, 5.41) is 0.457. The van der Waals surface area contributed by atoms with Crippen LogP contribution in [0.4, 0.5) is 13.9 Å². The molecule has 1 rings (SSSR count). The Morgan fingerprint density at radius 1 is 1.62 bits per heavy atom. The third kappa shape index (κ3) is 4.82. The molecule has 7 heteroatoms. The fraction of sp³-hybridized carbons (Fsp3) is 0.667. The van der Waals surface area contributed by atoms with Crippen LogP contribution in [0.15, 0.2) is 6.20 Å². The van der Waals surface area contributed by atoms with E-state index in [1.54, 1.807) is 18.2 Å². The Hall–Kier alpha value is -0.790. The van der Waals surface area contributed by atoms with Crippen LogP contribution in [0.5, 0.6) is 0 Å². The Morgan fingerprint density at radius 2 is 2.38 bits per heavy atom. The molecule has 0 aliphatic heterocycles. The fourth-order valence-corrected chi connectivity index (χ4v) is 1.99. The number of anilines is 1. The first kappa shape index (κ1) is 13.3. The van der Waals surface area contributed by atoms with Gasteiger partial charge in [0.1, 0.15) is 0 Å². The predicted molar refractivity (Wildman–Crippen MR) is 59.7 cm³/mol. The average Bonchev–Trinajstić information content (AvgIpc) is 2.59. The number of hydrogen-bond acceptors (Lipinski definition) is 5. The summed E-state index contributed by atoms with van der Waals surface area (Å²) in [4.78, 5) is 6.39. The zero-order valence-electron chi connectivity index (χ0n) is 9.03. The standard InChI is InChI=1S/C9H15F2N3OS/c1-15-3-2-14(6-8(10)11)5-7-4-13-9(12)16-7/h4,8H,2-3,5-6H2,1H3,(H2,12,13). The van der Waals surface area contributed by atoms with Crippen LogP contribution < -0.4 is 5.73 Å². The van der Waals surface area contributed by atoms with Gasteiger partial charge in [0.15, 0.2) is 5.13 Å². The zero-order chi connectivity index (χ0) is 12.0. The van der Waals surface area contributed by atoms with Crippen LogP contribution >= 0.6 is 11.3 Å². The molecule has 0 fully saturated rings. The molecule has 1 aromatic heterocycles. The van der Waals surface area contributed by atoms with Gasteiger partial charge in [0.2, 0.25) is 0 Å². The number of aromatic nitrogens is 1. The minimum atomic E-state index is -2.35. The molecule has 2 N–H and O–H groups in total. The number of methoxy groups -OCH3 is 1. The van der Waals surface area contributed by atoms with Crippen LogP contribution in [0.25, 0.3) is 0 Å². The lowest BCUT2D eigenvalue weighted by atomic mass is 10.4. The van der Waals surface area contributed by atoms with E-state index in [1.807, 2.05) is 0 Å². The highest BCUT2D eigenvalue weighted by Gasteiger charge is 2.13. The molecular formula is C9H15F2N3OS. The van der Waals surface area contributed by atoms with Crippen molar-refractivity contribution in [2.45, 2.75) is 13.0 Å². The van der Waals surface area contributed by atoms with E-state index in [4.69, 9.17) is 10.5 Å². The second-order valence-corrected chi connectivity index (χ2v) is 4.43. The summed E-state index contributed by atoms with van der Waals surface area (Å²) in [6.07, 6.45) is -0.729. The van der Waals surface area contributed by atoms with Gasteiger partial charge in [-0.25, -0.2) is 13.8 Å². The summed E-state index contributed by atoms with van der Waals surface area (Å²) in [6, 6.07) is 0. The van der Waals surface area contributed by atoms with Crippen molar-refractivity contribution in [2.75, 3.05) is 32.5 Å². The Kier molecular flexibility index (Phi) is 5.58. The van der Waals surface area contributed by atoms with Crippen molar-refractivity contribution >= 4 is 16.5 Å². The van der Waals surface area contributed by atoms with Crippen molar-refractivity contribution in [3.05, 3.63) is 11.1 Å². The van der Waals surface area contributed by atoms with Gasteiger partial charge >= 0.3 is 0 Å². The van der Waals surface area contributed by atoms with Crippen molar-refractivity contribution < 1.29 is 13.5 Å². The number of ether oxygens (including phenoxy) is 1. The number of rotatable bonds is 7. The van der Waals surface area contributed by atoms with E-state index in [0.717, 1.165) is 4.88 Å². The van der Waals surface area contributed by atoms with Crippen molar-refractivity contribution in [1.29, 1.82) is 0 Å². The molecule has 0 atom stereocenters. The number of nitrogens with two attached hydrogens (primary N) is 1. The maximum atomic E-state index is 12.3. The normalized spacial score (nSPS) is 11.6. The van der Waals surface area contributed by atoms with E-state index < -0.39 is 6.43 Å². The molecule has 0 aliphatic carbocycles. The lowest BCUT2D eigenvalue weighted by Gasteiger charge is -2.20. The summed E-state index contributed by atoms with van der Waals surface area (Å²) < 4.78 is 29.5. The first-order chi connectivity index (χ1) is 7.61. The summed E-state index contributed by atoms with van der Waals surface area (Å²) in [5.74, 6) is 0. The molecule has 0 spiro atoms. The highest BCUT2D eigenvalue weighted by atomic mass is 32.1. The SMILES string of the molecule is COCCN(Cc1cnc(N)s1)CC(F)F. The van der Waals surface area contributed by atoms with Gasteiger partial charge in [-0.2, -0.15) is 0 Å². The quantitative estimate of drug-likeness (QED) is 0.796. The smallest absolute Gasteiger partial charge is 0.251 e. The Morgan fingerprint density at radius 3 is 2.88 bits per heavy atom. The summed E-state index contributed by atoms with van der Waals surface area (Å²) in [7, 11) is 1.55. The lowest BCUT2D eigenvalue weighted by molar-refractivity contribution is 0.0676. The highest BCUT2D eigenvalue weighted by molar-refractivity contribution is 7.15. The van der Waals surface area contributed by atoms with Gasteiger partial charge in [-0.1, -0.05) is 0 Å². The van der Waals surface area contributed by atoms with Gasteiger partial charge < -0.3 is 10.5 Å². The first-order valence-corrected chi connectivity index (χ1v) is 5.63. The number of thiazole rings is 1. The van der Waals surface area contributed by atoms with Crippen LogP contribution in [-0.4, -0.2) is 43.1 Å². The van der Waals surface area contributed by atoms with E-state index in [0.29, 0.717) is 24.8 Å². The molecule has 0 bridgehead atoms. The molecule has 0 saturated carbocycles. The van der Waals surface area contributed by atoms with E-state index in [-0.39, 0.29) is 6.54 Å². The Balaban J connectivity index is 2.48. The zero-order valence-corrected chi connectivity index (χ0v) is 9.84. The molecule has 92 valence electrons. The van der Waals surface area contributed by atoms with Gasteiger partial charge in [-0.05, 0) is 0 Å². The number of nitrogen functional groups attached to an aromatic ring is 1.